The van der Waals surface area contributed by atoms with Crippen molar-refractivity contribution in [3.63, 3.8) is 0 Å². The number of nitrogens with zero attached hydrogens (tertiary/aromatic N) is 2. The standard InChI is InChI=1S/C18H32N4O2/c1-13(2)14-7-9-15(10-8-14)21-18(19-3)20-11-12-22-16(23)5-4-6-17(22)24/h13-15H,4-12H2,1-3H3,(H2,19,20,21). The first kappa shape index (κ1) is 18.7. The van der Waals surface area contributed by atoms with E-state index in [1.165, 1.54) is 30.6 Å². The fourth-order valence-electron chi connectivity index (χ4n) is 3.65. The highest BCUT2D eigenvalue weighted by Gasteiger charge is 2.26. The van der Waals surface area contributed by atoms with Gasteiger partial charge in [-0.1, -0.05) is 13.8 Å². The van der Waals surface area contributed by atoms with Gasteiger partial charge in [-0.25, -0.2) is 0 Å². The minimum absolute atomic E-state index is 0.0528. The number of amides is 2. The lowest BCUT2D eigenvalue weighted by atomic mass is 9.80. The van der Waals surface area contributed by atoms with Crippen LogP contribution < -0.4 is 10.6 Å². The molecular weight excluding hydrogens is 304 g/mol. The number of hydrogen-bond acceptors (Lipinski definition) is 3. The average molecular weight is 336 g/mol. The van der Waals surface area contributed by atoms with Crippen molar-refractivity contribution in [2.24, 2.45) is 16.8 Å². The smallest absolute Gasteiger partial charge is 0.229 e. The van der Waals surface area contributed by atoms with Crippen molar-refractivity contribution in [1.29, 1.82) is 0 Å². The second kappa shape index (κ2) is 9.04. The van der Waals surface area contributed by atoms with Crippen LogP contribution in [0.3, 0.4) is 0 Å². The summed E-state index contributed by atoms with van der Waals surface area (Å²) >= 11 is 0. The Morgan fingerprint density at radius 3 is 2.33 bits per heavy atom. The zero-order valence-electron chi connectivity index (χ0n) is 15.3. The van der Waals surface area contributed by atoms with E-state index in [2.05, 4.69) is 29.5 Å². The minimum Gasteiger partial charge on any atom is -0.355 e. The molecule has 24 heavy (non-hydrogen) atoms. The first-order valence-electron chi connectivity index (χ1n) is 9.31. The van der Waals surface area contributed by atoms with Gasteiger partial charge in [0.25, 0.3) is 0 Å². The van der Waals surface area contributed by atoms with Gasteiger partial charge in [-0.3, -0.25) is 19.5 Å². The molecule has 2 aliphatic rings. The summed E-state index contributed by atoms with van der Waals surface area (Å²) in [6.07, 6.45) is 6.53. The quantitative estimate of drug-likeness (QED) is 0.457. The van der Waals surface area contributed by atoms with Crippen LogP contribution in [-0.4, -0.2) is 48.9 Å². The molecule has 1 saturated heterocycles. The third-order valence-electron chi connectivity index (χ3n) is 5.29. The fraction of sp³-hybridized carbons (Fsp3) is 0.833. The van der Waals surface area contributed by atoms with Crippen molar-refractivity contribution in [2.45, 2.75) is 64.8 Å². The third kappa shape index (κ3) is 5.21. The molecule has 2 fully saturated rings. The summed E-state index contributed by atoms with van der Waals surface area (Å²) in [5.74, 6) is 2.27. The first-order valence-corrected chi connectivity index (χ1v) is 9.31. The van der Waals surface area contributed by atoms with Crippen molar-refractivity contribution < 1.29 is 9.59 Å². The van der Waals surface area contributed by atoms with Gasteiger partial charge in [-0.05, 0) is 43.9 Å². The van der Waals surface area contributed by atoms with Gasteiger partial charge in [0.15, 0.2) is 5.96 Å². The number of carbonyl (C=O) groups excluding carboxylic acids is 2. The van der Waals surface area contributed by atoms with Crippen molar-refractivity contribution in [3.05, 3.63) is 0 Å². The Kier molecular flexibility index (Phi) is 7.06. The molecule has 2 rings (SSSR count). The Bertz CT molecular complexity index is 452. The van der Waals surface area contributed by atoms with Crippen LogP contribution in [-0.2, 0) is 9.59 Å². The van der Waals surface area contributed by atoms with E-state index >= 15 is 0 Å². The number of hydrogen-bond donors (Lipinski definition) is 2. The lowest BCUT2D eigenvalue weighted by Gasteiger charge is -2.32. The molecule has 6 nitrogen and oxygen atoms in total. The summed E-state index contributed by atoms with van der Waals surface area (Å²) in [6.45, 7) is 5.57. The van der Waals surface area contributed by atoms with Gasteiger partial charge in [-0.2, -0.15) is 0 Å². The lowest BCUT2D eigenvalue weighted by Crippen LogP contribution is -2.49. The fourth-order valence-corrected chi connectivity index (χ4v) is 3.65. The molecule has 136 valence electrons. The maximum absolute atomic E-state index is 11.8. The minimum atomic E-state index is -0.0528. The summed E-state index contributed by atoms with van der Waals surface area (Å²) in [5, 5.41) is 6.71. The molecule has 0 aromatic carbocycles. The second-order valence-electron chi connectivity index (χ2n) is 7.29. The molecular formula is C18H32N4O2. The van der Waals surface area contributed by atoms with E-state index < -0.39 is 0 Å². The number of aliphatic imine (C=N–C) groups is 1. The molecule has 2 amide bonds. The number of guanidine groups is 1. The monoisotopic (exact) mass is 336 g/mol. The summed E-state index contributed by atoms with van der Waals surface area (Å²) < 4.78 is 0. The van der Waals surface area contributed by atoms with Crippen LogP contribution in [0.4, 0.5) is 0 Å². The van der Waals surface area contributed by atoms with E-state index in [0.717, 1.165) is 17.8 Å². The molecule has 0 aromatic heterocycles. The summed E-state index contributed by atoms with van der Waals surface area (Å²) in [5.41, 5.74) is 0. The highest BCUT2D eigenvalue weighted by atomic mass is 16.2. The Balaban J connectivity index is 1.71. The molecule has 1 saturated carbocycles. The van der Waals surface area contributed by atoms with Crippen molar-refractivity contribution >= 4 is 17.8 Å². The SMILES string of the molecule is CN=C(NCCN1C(=O)CCCC1=O)NC1CCC(C(C)C)CC1. The number of imide groups is 1. The highest BCUT2D eigenvalue weighted by molar-refractivity contribution is 5.97. The second-order valence-corrected chi connectivity index (χ2v) is 7.29. The predicted octanol–water partition coefficient (Wildman–Crippen LogP) is 1.91. The summed E-state index contributed by atoms with van der Waals surface area (Å²) in [6, 6.07) is 0.462. The predicted molar refractivity (Wildman–Crippen MR) is 95.7 cm³/mol. The summed E-state index contributed by atoms with van der Waals surface area (Å²) in [7, 11) is 1.76. The molecule has 6 heteroatoms. The largest absolute Gasteiger partial charge is 0.355 e. The Labute approximate surface area is 145 Å². The first-order chi connectivity index (χ1) is 11.5. The van der Waals surface area contributed by atoms with Crippen LogP contribution in [0.5, 0.6) is 0 Å². The molecule has 0 bridgehead atoms. The number of piperidine rings is 1. The number of rotatable bonds is 5. The number of carbonyl (C=O) groups is 2. The van der Waals surface area contributed by atoms with Gasteiger partial charge in [0.2, 0.25) is 11.8 Å². The van der Waals surface area contributed by atoms with Crippen LogP contribution in [0, 0.1) is 11.8 Å². The molecule has 1 heterocycles. The van der Waals surface area contributed by atoms with Crippen molar-refractivity contribution in [2.75, 3.05) is 20.1 Å². The molecule has 0 unspecified atom stereocenters. The van der Waals surface area contributed by atoms with Gasteiger partial charge >= 0.3 is 0 Å². The average Bonchev–Trinajstić information content (AvgIpc) is 2.57. The summed E-state index contributed by atoms with van der Waals surface area (Å²) in [4.78, 5) is 29.2. The Morgan fingerprint density at radius 1 is 1.17 bits per heavy atom. The zero-order valence-corrected chi connectivity index (χ0v) is 15.3. The van der Waals surface area contributed by atoms with Gasteiger partial charge in [0.1, 0.15) is 0 Å². The Morgan fingerprint density at radius 2 is 1.79 bits per heavy atom. The van der Waals surface area contributed by atoms with Crippen LogP contribution in [0.2, 0.25) is 0 Å². The third-order valence-corrected chi connectivity index (χ3v) is 5.29. The molecule has 1 aliphatic carbocycles. The maximum Gasteiger partial charge on any atom is 0.229 e. The van der Waals surface area contributed by atoms with E-state index in [4.69, 9.17) is 0 Å². The van der Waals surface area contributed by atoms with E-state index in [1.54, 1.807) is 7.05 Å². The topological polar surface area (TPSA) is 73.8 Å². The van der Waals surface area contributed by atoms with E-state index in [1.807, 2.05) is 0 Å². The van der Waals surface area contributed by atoms with Crippen LogP contribution in [0.15, 0.2) is 4.99 Å². The van der Waals surface area contributed by atoms with E-state index in [0.29, 0.717) is 38.4 Å². The number of nitrogens with one attached hydrogen (secondary N) is 2. The molecule has 0 spiro atoms. The van der Waals surface area contributed by atoms with Crippen LogP contribution in [0.25, 0.3) is 0 Å². The molecule has 2 N–H and O–H groups in total. The van der Waals surface area contributed by atoms with Crippen molar-refractivity contribution in [1.82, 2.24) is 15.5 Å². The Hall–Kier alpha value is -1.59. The number of likely N-dealkylation sites (tertiary alicyclic amines) is 1. The lowest BCUT2D eigenvalue weighted by molar-refractivity contribution is -0.147. The van der Waals surface area contributed by atoms with Gasteiger partial charge in [0.05, 0.1) is 0 Å². The molecule has 0 aromatic rings. The van der Waals surface area contributed by atoms with Crippen molar-refractivity contribution in [3.8, 4) is 0 Å². The highest BCUT2D eigenvalue weighted by Crippen LogP contribution is 2.29. The van der Waals surface area contributed by atoms with Gasteiger partial charge in [-0.15, -0.1) is 0 Å². The molecule has 1 aliphatic heterocycles. The van der Waals surface area contributed by atoms with Crippen LogP contribution in [0.1, 0.15) is 58.8 Å². The molecule has 0 radical (unpaired) electrons. The van der Waals surface area contributed by atoms with Gasteiger partial charge in [0, 0.05) is 39.0 Å². The maximum atomic E-state index is 11.8. The van der Waals surface area contributed by atoms with E-state index in [-0.39, 0.29) is 11.8 Å². The van der Waals surface area contributed by atoms with Gasteiger partial charge < -0.3 is 10.6 Å². The van der Waals surface area contributed by atoms with Crippen LogP contribution >= 0.6 is 0 Å². The van der Waals surface area contributed by atoms with E-state index in [9.17, 15) is 9.59 Å². The zero-order chi connectivity index (χ0) is 17.5. The normalized spacial score (nSPS) is 26.0. The molecule has 0 atom stereocenters.